The van der Waals surface area contributed by atoms with E-state index in [1.165, 1.54) is 0 Å². The second kappa shape index (κ2) is 16.3. The molecule has 0 aliphatic heterocycles. The van der Waals surface area contributed by atoms with E-state index >= 15 is 119 Å². The van der Waals surface area contributed by atoms with Gasteiger partial charge in [-0.15, -0.1) is 0 Å². The van der Waals surface area contributed by atoms with Crippen LogP contribution in [0.15, 0.2) is 0 Å². The molecule has 12 rings (SSSR count). The van der Waals surface area contributed by atoms with Gasteiger partial charge in [-0.1, -0.05) is 0 Å². The molecule has 530 valence electrons. The number of alkyl halides is 45. The molecule has 0 spiro atoms. The van der Waals surface area contributed by atoms with Crippen LogP contribution in [0.5, 0.6) is 0 Å². The highest BCUT2D eigenvalue weighted by Crippen LogP contribution is 2.93. The van der Waals surface area contributed by atoms with Crippen molar-refractivity contribution in [2.75, 3.05) is 19.8 Å². The second-order valence-corrected chi connectivity index (χ2v) is 22.8. The molecule has 0 aromatic rings. The summed E-state index contributed by atoms with van der Waals surface area (Å²) in [6.45, 7) is -11.4. The lowest BCUT2D eigenvalue weighted by Gasteiger charge is -2.74. The van der Waals surface area contributed by atoms with Crippen LogP contribution in [0.3, 0.4) is 0 Å². The first-order valence-corrected chi connectivity index (χ1v) is 23.4. The summed E-state index contributed by atoms with van der Waals surface area (Å²) in [6, 6.07) is 0. The van der Waals surface area contributed by atoms with E-state index in [1.54, 1.807) is 0 Å². The van der Waals surface area contributed by atoms with Gasteiger partial charge in [-0.05, 0) is 25.2 Å². The third kappa shape index (κ3) is 5.04. The van der Waals surface area contributed by atoms with Gasteiger partial charge in [0.2, 0.25) is 0 Å². The highest BCUT2D eigenvalue weighted by molar-refractivity contribution is 5.57. The minimum Gasteiger partial charge on any atom is -0.391 e. The summed E-state index contributed by atoms with van der Waals surface area (Å²) in [4.78, 5) is 0. The van der Waals surface area contributed by atoms with Gasteiger partial charge in [0, 0.05) is 0 Å². The average molecular weight is 1450 g/mol. The monoisotopic (exact) mass is 1450 g/mol. The molecule has 0 aromatic carbocycles. The summed E-state index contributed by atoms with van der Waals surface area (Å²) in [7, 11) is 0. The van der Waals surface area contributed by atoms with Gasteiger partial charge in [0.15, 0.2) is 0 Å². The van der Waals surface area contributed by atoms with Crippen LogP contribution in [0.2, 0.25) is 0 Å². The van der Waals surface area contributed by atoms with E-state index in [4.69, 9.17) is 0 Å². The van der Waals surface area contributed by atoms with Crippen LogP contribution in [0.4, 0.5) is 198 Å². The molecular formula is C40H19F45O6. The molecule has 0 saturated heterocycles. The van der Waals surface area contributed by atoms with Crippen LogP contribution >= 0.6 is 0 Å². The lowest BCUT2D eigenvalue weighted by atomic mass is 9.40. The van der Waals surface area contributed by atoms with E-state index in [9.17, 15) is 94.3 Å². The van der Waals surface area contributed by atoms with Gasteiger partial charge in [0.1, 0.15) is 0 Å². The second-order valence-electron chi connectivity index (χ2n) is 22.8. The van der Waals surface area contributed by atoms with E-state index in [0.717, 1.165) is 0 Å². The first-order valence-electron chi connectivity index (χ1n) is 23.4. The summed E-state index contributed by atoms with van der Waals surface area (Å²) in [6.07, 6.45) is -21.8. The highest BCUT2D eigenvalue weighted by atomic mass is 19.4. The van der Waals surface area contributed by atoms with Gasteiger partial charge in [0.25, 0.3) is 16.8 Å². The zero-order valence-corrected chi connectivity index (χ0v) is 41.1. The Morgan fingerprint density at radius 2 is 0.275 bits per heavy atom. The molecule has 0 aromatic heterocycles. The van der Waals surface area contributed by atoms with Crippen molar-refractivity contribution in [1.82, 2.24) is 0 Å². The SMILES string of the molecule is OC(COC12C(F)(F)C3(F)C(F)(F)C(F)(C(F)(F)C(F)(C3(F)F)C1(F)F)C2(F)F)CC(CC(O)COC12C(F)(F)C3(F)C(F)(F)C(F)(C(F)(F)C(F)(C3(F)F)C1(F)F)C2(F)F)CC(O)COC12C(F)(F)C3(F)C(F)(F)C(F)(C(F)(F)C(F)(C3(F)F)C1(F)F)C2(F)F. The molecular weight excluding hydrogens is 1430 g/mol. The van der Waals surface area contributed by atoms with Crippen LogP contribution in [0.25, 0.3) is 0 Å². The first kappa shape index (κ1) is 71.9. The Bertz CT molecular complexity index is 2440. The normalized spacial score (nSPS) is 49.5. The molecule has 12 bridgehead atoms. The molecule has 3 unspecified atom stereocenters. The van der Waals surface area contributed by atoms with Crippen LogP contribution < -0.4 is 0 Å². The number of halogens is 45. The van der Waals surface area contributed by atoms with Crippen LogP contribution in [0.1, 0.15) is 19.3 Å². The molecule has 12 aliphatic rings. The Morgan fingerprint density at radius 3 is 0.374 bits per heavy atom. The van der Waals surface area contributed by atoms with Crippen LogP contribution in [-0.4, -0.2) is 228 Å². The number of hydrogen-bond acceptors (Lipinski definition) is 6. The van der Waals surface area contributed by atoms with Gasteiger partial charge in [-0.25, -0.2) is 39.5 Å². The predicted octanol–water partition coefficient (Wildman–Crippen LogP) is 12.1. The molecule has 0 heterocycles. The van der Waals surface area contributed by atoms with E-state index in [1.807, 2.05) is 0 Å². The summed E-state index contributed by atoms with van der Waals surface area (Å²) in [5.74, 6) is -159. The Labute approximate surface area is 465 Å². The van der Waals surface area contributed by atoms with Crippen molar-refractivity contribution in [2.45, 2.75) is 212 Å². The van der Waals surface area contributed by atoms with E-state index in [-0.39, 0.29) is 0 Å². The summed E-state index contributed by atoms with van der Waals surface area (Å²) in [5.41, 5.74) is -102. The van der Waals surface area contributed by atoms with E-state index in [2.05, 4.69) is 14.2 Å². The minimum absolute atomic E-state index is 2.95. The number of aliphatic hydroxyl groups excluding tert-OH is 3. The molecule has 91 heavy (non-hydrogen) atoms. The maximum Gasteiger partial charge on any atom is 0.339 e. The maximum absolute atomic E-state index is 15.7. The largest absolute Gasteiger partial charge is 0.391 e. The van der Waals surface area contributed by atoms with Gasteiger partial charge in [-0.2, -0.15) is 158 Å². The number of aliphatic hydroxyl groups is 3. The lowest BCUT2D eigenvalue weighted by Crippen LogP contribution is -3.10. The predicted molar refractivity (Wildman–Crippen MR) is 185 cm³/mol. The number of hydrogen-bond donors (Lipinski definition) is 3. The number of rotatable bonds is 15. The van der Waals surface area contributed by atoms with Gasteiger partial charge >= 0.3 is 158 Å². The fraction of sp³-hybridized carbons (Fsp3) is 1.00. The quantitative estimate of drug-likeness (QED) is 0.142. The summed E-state index contributed by atoms with van der Waals surface area (Å²) < 4.78 is 703. The standard InChI is InChI=1S/C40H19F45O6/c41-11-23(50,51)12(42)25(54,55)13(43,24(11,52)53)34(72,73)20(32(11,68)69,33(12,70)71)89-4-8(86)1-7(2-9(87)5-90-21-35(74,75)14(44)26(56,57)15(45,36(21,76)77)28(60,61)16(46,27(14,58)59)37(21,78)79)3-10(88)6-91-22-38(80,81)17(47)29(62,63)18(48,39(22,82)83)31(66,67)19(49,30(17,64)65)40(22,84)85/h7-10,86-88H,1-6H2. The van der Waals surface area contributed by atoms with Crippen molar-refractivity contribution in [1.29, 1.82) is 0 Å². The van der Waals surface area contributed by atoms with Crippen molar-refractivity contribution in [2.24, 2.45) is 5.92 Å². The third-order valence-corrected chi connectivity index (χ3v) is 19.0. The molecule has 12 aliphatic carbocycles. The minimum atomic E-state index is -8.63. The van der Waals surface area contributed by atoms with Gasteiger partial charge in [0.05, 0.1) is 38.1 Å². The zero-order chi connectivity index (χ0) is 71.7. The molecule has 3 atom stereocenters. The molecule has 51 heteroatoms. The van der Waals surface area contributed by atoms with Crippen molar-refractivity contribution in [3.05, 3.63) is 0 Å². The molecule has 12 fully saturated rings. The Kier molecular flexibility index (Phi) is 12.8. The zero-order valence-electron chi connectivity index (χ0n) is 41.1. The van der Waals surface area contributed by atoms with Gasteiger partial charge < -0.3 is 29.5 Å². The van der Waals surface area contributed by atoms with Crippen molar-refractivity contribution in [3.63, 3.8) is 0 Å². The van der Waals surface area contributed by atoms with Crippen molar-refractivity contribution < 1.29 is 227 Å². The average Bonchev–Trinajstić information content (AvgIpc) is 0.607. The third-order valence-electron chi connectivity index (χ3n) is 19.0. The molecule has 6 nitrogen and oxygen atoms in total. The molecule has 0 radical (unpaired) electrons. The lowest BCUT2D eigenvalue weighted by molar-refractivity contribution is -0.619. The van der Waals surface area contributed by atoms with Crippen molar-refractivity contribution >= 4 is 0 Å². The first-order chi connectivity index (χ1) is 39.5. The fourth-order valence-electron chi connectivity index (χ4n) is 14.5. The van der Waals surface area contributed by atoms with E-state index in [0.29, 0.717) is 0 Å². The fourth-order valence-corrected chi connectivity index (χ4v) is 14.5. The topological polar surface area (TPSA) is 88.4 Å². The highest BCUT2D eigenvalue weighted by Gasteiger charge is 3.27. The smallest absolute Gasteiger partial charge is 0.339 e. The Hall–Kier alpha value is -3.39. The summed E-state index contributed by atoms with van der Waals surface area (Å²) in [5, 5.41) is 31.6. The van der Waals surface area contributed by atoms with Crippen LogP contribution in [-0.2, 0) is 14.2 Å². The summed E-state index contributed by atoms with van der Waals surface area (Å²) >= 11 is 0. The molecule has 3 N–H and O–H groups in total. The number of ether oxygens (including phenoxy) is 3. The van der Waals surface area contributed by atoms with Gasteiger partial charge in [-0.3, -0.25) is 0 Å². The maximum atomic E-state index is 15.7. The van der Waals surface area contributed by atoms with Crippen LogP contribution in [0, 0.1) is 5.92 Å². The Morgan fingerprint density at radius 1 is 0.176 bits per heavy atom. The van der Waals surface area contributed by atoms with Crippen molar-refractivity contribution in [3.8, 4) is 0 Å². The molecule has 0 amide bonds. The van der Waals surface area contributed by atoms with E-state index < -0.39 is 238 Å². The molecule has 12 saturated carbocycles. The Balaban J connectivity index is 1.12.